The van der Waals surface area contributed by atoms with Crippen LogP contribution < -0.4 is 0 Å². The first-order chi connectivity index (χ1) is 5.77. The molecule has 0 atom stereocenters. The molecule has 0 radical (unpaired) electrons. The van der Waals surface area contributed by atoms with Gasteiger partial charge in [-0.05, 0) is 18.3 Å². The van der Waals surface area contributed by atoms with Crippen LogP contribution in [0.15, 0.2) is 12.3 Å². The van der Waals surface area contributed by atoms with E-state index in [4.69, 9.17) is 21.7 Å². The summed E-state index contributed by atoms with van der Waals surface area (Å²) in [5.74, 6) is 0. The molecule has 0 saturated carbocycles. The average molecular weight is 186 g/mol. The lowest BCUT2D eigenvalue weighted by molar-refractivity contribution is -0.108. The van der Waals surface area contributed by atoms with Gasteiger partial charge in [0.25, 0.3) is 0 Å². The smallest absolute Gasteiger partial charge is 0.200 e. The Morgan fingerprint density at radius 2 is 2.17 bits per heavy atom. The van der Waals surface area contributed by atoms with Crippen LogP contribution in [-0.2, 0) is 9.47 Å². The molecule has 5 heteroatoms. The van der Waals surface area contributed by atoms with Gasteiger partial charge in [0.05, 0.1) is 0 Å². The molecule has 0 bridgehead atoms. The Bertz CT molecular complexity index is 295. The predicted molar refractivity (Wildman–Crippen MR) is 46.2 cm³/mol. The lowest BCUT2D eigenvalue weighted by Crippen LogP contribution is -2.06. The number of aromatic nitrogens is 2. The Morgan fingerprint density at radius 3 is 2.67 bits per heavy atom. The van der Waals surface area contributed by atoms with Crippen molar-refractivity contribution in [2.75, 3.05) is 14.2 Å². The highest BCUT2D eigenvalue weighted by molar-refractivity contribution is 7.71. The van der Waals surface area contributed by atoms with E-state index in [1.165, 1.54) is 0 Å². The third-order valence-electron chi connectivity index (χ3n) is 1.36. The number of nitrogens with zero attached hydrogens (tertiary/aromatic N) is 1. The highest BCUT2D eigenvalue weighted by atomic mass is 32.1. The second-order valence-corrected chi connectivity index (χ2v) is 2.51. The van der Waals surface area contributed by atoms with E-state index in [-0.39, 0.29) is 0 Å². The van der Waals surface area contributed by atoms with Crippen molar-refractivity contribution in [1.29, 1.82) is 0 Å². The number of H-pyrrole nitrogens is 1. The summed E-state index contributed by atoms with van der Waals surface area (Å²) in [5, 5.41) is 0. The van der Waals surface area contributed by atoms with Crippen LogP contribution in [0.5, 0.6) is 0 Å². The molecule has 0 amide bonds. The number of aromatic amines is 1. The summed E-state index contributed by atoms with van der Waals surface area (Å²) in [4.78, 5) is 6.79. The lowest BCUT2D eigenvalue weighted by Gasteiger charge is -2.11. The Kier molecular flexibility index (Phi) is 3.33. The van der Waals surface area contributed by atoms with Crippen molar-refractivity contribution >= 4 is 12.2 Å². The van der Waals surface area contributed by atoms with Crippen molar-refractivity contribution in [1.82, 2.24) is 9.97 Å². The van der Waals surface area contributed by atoms with Crippen molar-refractivity contribution < 1.29 is 9.47 Å². The zero-order chi connectivity index (χ0) is 8.97. The number of ether oxygens (including phenoxy) is 2. The molecule has 1 heterocycles. The quantitative estimate of drug-likeness (QED) is 0.573. The minimum atomic E-state index is -0.443. The fourth-order valence-electron chi connectivity index (χ4n) is 0.854. The van der Waals surface area contributed by atoms with E-state index >= 15 is 0 Å². The van der Waals surface area contributed by atoms with Crippen LogP contribution >= 0.6 is 12.2 Å². The van der Waals surface area contributed by atoms with Gasteiger partial charge >= 0.3 is 0 Å². The molecule has 0 unspecified atom stereocenters. The van der Waals surface area contributed by atoms with Gasteiger partial charge < -0.3 is 14.5 Å². The maximum absolute atomic E-state index is 5.00. The summed E-state index contributed by atoms with van der Waals surface area (Å²) in [6.07, 6.45) is 1.26. The fraction of sp³-hybridized carbons (Fsp3) is 0.429. The van der Waals surface area contributed by atoms with E-state index in [0.717, 1.165) is 0 Å². The maximum Gasteiger partial charge on any atom is 0.200 e. The first-order valence-electron chi connectivity index (χ1n) is 3.39. The van der Waals surface area contributed by atoms with Crippen molar-refractivity contribution in [3.8, 4) is 0 Å². The normalized spacial score (nSPS) is 10.6. The van der Waals surface area contributed by atoms with Gasteiger partial charge in [0.1, 0.15) is 5.69 Å². The maximum atomic E-state index is 5.00. The predicted octanol–water partition coefficient (Wildman–Crippen LogP) is 1.43. The SMILES string of the molecule is COC(OC)c1cc[nH]c(=S)n1. The van der Waals surface area contributed by atoms with Crippen LogP contribution in [0, 0.1) is 4.77 Å². The van der Waals surface area contributed by atoms with E-state index < -0.39 is 6.29 Å². The van der Waals surface area contributed by atoms with E-state index in [9.17, 15) is 0 Å². The lowest BCUT2D eigenvalue weighted by atomic mass is 10.4. The van der Waals surface area contributed by atoms with Gasteiger partial charge in [-0.2, -0.15) is 0 Å². The summed E-state index contributed by atoms with van der Waals surface area (Å²) in [7, 11) is 3.10. The average Bonchev–Trinajstić information content (AvgIpc) is 2.07. The zero-order valence-electron chi connectivity index (χ0n) is 6.90. The van der Waals surface area contributed by atoms with Crippen LogP contribution in [0.2, 0.25) is 0 Å². The van der Waals surface area contributed by atoms with Crippen LogP contribution in [0.25, 0.3) is 0 Å². The van der Waals surface area contributed by atoms with Crippen LogP contribution in [0.4, 0.5) is 0 Å². The monoisotopic (exact) mass is 186 g/mol. The van der Waals surface area contributed by atoms with Crippen molar-refractivity contribution in [3.63, 3.8) is 0 Å². The van der Waals surface area contributed by atoms with Gasteiger partial charge in [-0.1, -0.05) is 0 Å². The van der Waals surface area contributed by atoms with E-state index in [1.54, 1.807) is 26.5 Å². The number of hydrogen-bond donors (Lipinski definition) is 1. The van der Waals surface area contributed by atoms with Crippen molar-refractivity contribution in [2.24, 2.45) is 0 Å². The van der Waals surface area contributed by atoms with Crippen molar-refractivity contribution in [3.05, 3.63) is 22.7 Å². The molecule has 0 aromatic carbocycles. The molecule has 0 aliphatic heterocycles. The molecular weight excluding hydrogens is 176 g/mol. The van der Waals surface area contributed by atoms with E-state index in [1.807, 2.05) is 0 Å². The molecule has 1 rings (SSSR count). The van der Waals surface area contributed by atoms with Gasteiger partial charge in [0.15, 0.2) is 4.77 Å². The molecular formula is C7H10N2O2S. The fourth-order valence-corrected chi connectivity index (χ4v) is 1.03. The first-order valence-corrected chi connectivity index (χ1v) is 3.80. The summed E-state index contributed by atoms with van der Waals surface area (Å²) in [5.41, 5.74) is 0.670. The molecule has 0 aliphatic carbocycles. The van der Waals surface area contributed by atoms with Gasteiger partial charge in [-0.3, -0.25) is 0 Å². The number of methoxy groups -OCH3 is 2. The minimum Gasteiger partial charge on any atom is -0.350 e. The molecule has 0 saturated heterocycles. The summed E-state index contributed by atoms with van der Waals surface area (Å²) >= 11 is 4.84. The second-order valence-electron chi connectivity index (χ2n) is 2.12. The van der Waals surface area contributed by atoms with Crippen LogP contribution in [0.3, 0.4) is 0 Å². The molecule has 1 N–H and O–H groups in total. The van der Waals surface area contributed by atoms with Gasteiger partial charge in [-0.25, -0.2) is 4.98 Å². The number of rotatable bonds is 3. The molecule has 1 aromatic rings. The molecule has 0 spiro atoms. The molecule has 0 aliphatic rings. The number of nitrogens with one attached hydrogen (secondary N) is 1. The summed E-state index contributed by atoms with van der Waals surface area (Å²) < 4.78 is 10.4. The molecule has 4 nitrogen and oxygen atoms in total. The highest BCUT2D eigenvalue weighted by Gasteiger charge is 2.08. The zero-order valence-corrected chi connectivity index (χ0v) is 7.72. The Labute approximate surface area is 75.6 Å². The molecule has 1 aromatic heterocycles. The van der Waals surface area contributed by atoms with Crippen LogP contribution in [-0.4, -0.2) is 24.2 Å². The van der Waals surface area contributed by atoms with Crippen molar-refractivity contribution in [2.45, 2.75) is 6.29 Å². The summed E-state index contributed by atoms with van der Waals surface area (Å²) in [6.45, 7) is 0. The van der Waals surface area contributed by atoms with Gasteiger partial charge in [0.2, 0.25) is 6.29 Å². The Balaban J connectivity index is 2.93. The minimum absolute atomic E-state index is 0.423. The third kappa shape index (κ3) is 2.10. The van der Waals surface area contributed by atoms with E-state index in [0.29, 0.717) is 10.5 Å². The Hall–Kier alpha value is -0.780. The highest BCUT2D eigenvalue weighted by Crippen LogP contribution is 2.12. The Morgan fingerprint density at radius 1 is 1.50 bits per heavy atom. The standard InChI is InChI=1S/C7H10N2O2S/c1-10-6(11-2)5-3-4-8-7(12)9-5/h3-4,6H,1-2H3,(H,8,9,12). The third-order valence-corrected chi connectivity index (χ3v) is 1.57. The first kappa shape index (κ1) is 9.31. The summed E-state index contributed by atoms with van der Waals surface area (Å²) in [6, 6.07) is 1.76. The van der Waals surface area contributed by atoms with E-state index in [2.05, 4.69) is 9.97 Å². The molecule has 66 valence electrons. The topological polar surface area (TPSA) is 47.1 Å². The van der Waals surface area contributed by atoms with Gasteiger partial charge in [0, 0.05) is 20.4 Å². The molecule has 0 fully saturated rings. The second kappa shape index (κ2) is 4.30. The van der Waals surface area contributed by atoms with Crippen LogP contribution in [0.1, 0.15) is 12.0 Å². The largest absolute Gasteiger partial charge is 0.350 e. The number of hydrogen-bond acceptors (Lipinski definition) is 4. The van der Waals surface area contributed by atoms with Gasteiger partial charge in [-0.15, -0.1) is 0 Å². The molecule has 12 heavy (non-hydrogen) atoms.